The summed E-state index contributed by atoms with van der Waals surface area (Å²) in [7, 11) is 0. The van der Waals surface area contributed by atoms with E-state index in [9.17, 15) is 4.79 Å². The molecular formula is C16H15N3O3. The third-order valence-electron chi connectivity index (χ3n) is 3.87. The van der Waals surface area contributed by atoms with E-state index >= 15 is 0 Å². The van der Waals surface area contributed by atoms with Crippen molar-refractivity contribution in [3.8, 4) is 11.6 Å². The van der Waals surface area contributed by atoms with Gasteiger partial charge >= 0.3 is 0 Å². The van der Waals surface area contributed by atoms with Gasteiger partial charge in [-0.1, -0.05) is 0 Å². The van der Waals surface area contributed by atoms with Gasteiger partial charge in [0.2, 0.25) is 0 Å². The Kier molecular flexibility index (Phi) is 3.16. The first-order valence-electron chi connectivity index (χ1n) is 7.20. The van der Waals surface area contributed by atoms with E-state index < -0.39 is 0 Å². The van der Waals surface area contributed by atoms with Crippen LogP contribution in [0.1, 0.15) is 17.0 Å². The third-order valence-corrected chi connectivity index (χ3v) is 3.87. The van der Waals surface area contributed by atoms with Crippen molar-refractivity contribution in [2.75, 3.05) is 6.54 Å². The molecule has 0 aliphatic carbocycles. The van der Waals surface area contributed by atoms with Crippen LogP contribution in [0.4, 0.5) is 0 Å². The SMILES string of the molecule is O=c1[nH]c(-c2ccco2)nc2c1CCN(Cc1ccco1)C2. The molecule has 0 aromatic carbocycles. The fourth-order valence-corrected chi connectivity index (χ4v) is 2.78. The Labute approximate surface area is 126 Å². The van der Waals surface area contributed by atoms with Crippen molar-refractivity contribution in [2.45, 2.75) is 19.5 Å². The summed E-state index contributed by atoms with van der Waals surface area (Å²) >= 11 is 0. The molecule has 6 nitrogen and oxygen atoms in total. The zero-order valence-electron chi connectivity index (χ0n) is 11.9. The van der Waals surface area contributed by atoms with Crippen molar-refractivity contribution in [3.05, 3.63) is 64.2 Å². The van der Waals surface area contributed by atoms with E-state index in [0.29, 0.717) is 24.6 Å². The monoisotopic (exact) mass is 297 g/mol. The normalized spacial score (nSPS) is 14.9. The quantitative estimate of drug-likeness (QED) is 0.802. The molecule has 0 atom stereocenters. The van der Waals surface area contributed by atoms with Crippen molar-refractivity contribution in [2.24, 2.45) is 0 Å². The Balaban J connectivity index is 1.64. The topological polar surface area (TPSA) is 75.3 Å². The number of fused-ring (bicyclic) bond motifs is 1. The summed E-state index contributed by atoms with van der Waals surface area (Å²) in [6.07, 6.45) is 3.93. The van der Waals surface area contributed by atoms with Crippen molar-refractivity contribution in [1.82, 2.24) is 14.9 Å². The van der Waals surface area contributed by atoms with Crippen LogP contribution in [0.15, 0.2) is 50.4 Å². The summed E-state index contributed by atoms with van der Waals surface area (Å²) in [6.45, 7) is 2.17. The van der Waals surface area contributed by atoms with Crippen LogP contribution in [0.2, 0.25) is 0 Å². The van der Waals surface area contributed by atoms with E-state index in [1.165, 1.54) is 0 Å². The predicted octanol–water partition coefficient (Wildman–Crippen LogP) is 2.18. The molecule has 0 spiro atoms. The highest BCUT2D eigenvalue weighted by Crippen LogP contribution is 2.20. The second-order valence-corrected chi connectivity index (χ2v) is 5.36. The van der Waals surface area contributed by atoms with E-state index in [0.717, 1.165) is 30.1 Å². The molecule has 0 saturated carbocycles. The number of hydrogen-bond acceptors (Lipinski definition) is 5. The van der Waals surface area contributed by atoms with Gasteiger partial charge in [0, 0.05) is 18.7 Å². The van der Waals surface area contributed by atoms with Crippen LogP contribution in [-0.2, 0) is 19.5 Å². The van der Waals surface area contributed by atoms with E-state index in [-0.39, 0.29) is 5.56 Å². The first-order valence-corrected chi connectivity index (χ1v) is 7.20. The van der Waals surface area contributed by atoms with Gasteiger partial charge in [0.15, 0.2) is 11.6 Å². The minimum absolute atomic E-state index is 0.0750. The molecule has 0 fully saturated rings. The minimum atomic E-state index is -0.0750. The molecule has 0 amide bonds. The number of aromatic amines is 1. The van der Waals surface area contributed by atoms with Crippen molar-refractivity contribution in [3.63, 3.8) is 0 Å². The van der Waals surface area contributed by atoms with Gasteiger partial charge < -0.3 is 13.8 Å². The van der Waals surface area contributed by atoms with Gasteiger partial charge in [-0.15, -0.1) is 0 Å². The third kappa shape index (κ3) is 2.37. The molecule has 0 bridgehead atoms. The Morgan fingerprint density at radius 2 is 2.09 bits per heavy atom. The molecule has 0 unspecified atom stereocenters. The number of hydrogen-bond donors (Lipinski definition) is 1. The van der Waals surface area contributed by atoms with E-state index in [4.69, 9.17) is 8.83 Å². The fraction of sp³-hybridized carbons (Fsp3) is 0.250. The number of H-pyrrole nitrogens is 1. The Morgan fingerprint density at radius 1 is 1.23 bits per heavy atom. The maximum absolute atomic E-state index is 12.2. The summed E-state index contributed by atoms with van der Waals surface area (Å²) in [6, 6.07) is 7.40. The van der Waals surface area contributed by atoms with Crippen LogP contribution in [0.3, 0.4) is 0 Å². The van der Waals surface area contributed by atoms with Gasteiger partial charge in [-0.3, -0.25) is 9.69 Å². The standard InChI is InChI=1S/C16H15N3O3/c20-16-12-5-6-19(9-11-3-1-7-21-11)10-13(12)17-15(18-16)14-4-2-8-22-14/h1-4,7-8H,5-6,9-10H2,(H,17,18,20). The lowest BCUT2D eigenvalue weighted by molar-refractivity contribution is 0.221. The summed E-state index contributed by atoms with van der Waals surface area (Å²) < 4.78 is 10.7. The average Bonchev–Trinajstić information content (AvgIpc) is 3.20. The number of furan rings is 2. The zero-order chi connectivity index (χ0) is 14.9. The predicted molar refractivity (Wildman–Crippen MR) is 79.1 cm³/mol. The maximum Gasteiger partial charge on any atom is 0.254 e. The first-order chi connectivity index (χ1) is 10.8. The molecule has 1 N–H and O–H groups in total. The minimum Gasteiger partial charge on any atom is -0.468 e. The molecule has 3 aromatic rings. The molecule has 112 valence electrons. The summed E-state index contributed by atoms with van der Waals surface area (Å²) in [4.78, 5) is 21.8. The molecule has 1 aliphatic heterocycles. The van der Waals surface area contributed by atoms with E-state index in [2.05, 4.69) is 14.9 Å². The summed E-state index contributed by atoms with van der Waals surface area (Å²) in [5.74, 6) is 1.97. The number of nitrogens with zero attached hydrogens (tertiary/aromatic N) is 2. The van der Waals surface area contributed by atoms with Crippen LogP contribution >= 0.6 is 0 Å². The van der Waals surface area contributed by atoms with Gasteiger partial charge in [-0.2, -0.15) is 0 Å². The van der Waals surface area contributed by atoms with Crippen molar-refractivity contribution >= 4 is 0 Å². The van der Waals surface area contributed by atoms with Gasteiger partial charge in [0.05, 0.1) is 24.8 Å². The van der Waals surface area contributed by atoms with E-state index in [1.807, 2.05) is 12.1 Å². The molecule has 0 saturated heterocycles. The van der Waals surface area contributed by atoms with Crippen LogP contribution < -0.4 is 5.56 Å². The lowest BCUT2D eigenvalue weighted by Gasteiger charge is -2.26. The summed E-state index contributed by atoms with van der Waals surface area (Å²) in [5, 5.41) is 0. The average molecular weight is 297 g/mol. The number of rotatable bonds is 3. The first kappa shape index (κ1) is 13.1. The van der Waals surface area contributed by atoms with Gasteiger partial charge in [-0.25, -0.2) is 4.98 Å². The highest BCUT2D eigenvalue weighted by Gasteiger charge is 2.22. The lowest BCUT2D eigenvalue weighted by atomic mass is 10.1. The Morgan fingerprint density at radius 3 is 2.86 bits per heavy atom. The Bertz CT molecular complexity index is 819. The highest BCUT2D eigenvalue weighted by atomic mass is 16.3. The van der Waals surface area contributed by atoms with E-state index in [1.54, 1.807) is 24.7 Å². The molecule has 1 aliphatic rings. The van der Waals surface area contributed by atoms with Crippen LogP contribution in [-0.4, -0.2) is 21.4 Å². The largest absolute Gasteiger partial charge is 0.468 e. The van der Waals surface area contributed by atoms with Crippen LogP contribution in [0.25, 0.3) is 11.6 Å². The molecule has 4 heterocycles. The van der Waals surface area contributed by atoms with Crippen molar-refractivity contribution in [1.29, 1.82) is 0 Å². The molecule has 4 rings (SSSR count). The molecule has 0 radical (unpaired) electrons. The number of nitrogens with one attached hydrogen (secondary N) is 1. The second kappa shape index (κ2) is 5.31. The number of aromatic nitrogens is 2. The van der Waals surface area contributed by atoms with Crippen molar-refractivity contribution < 1.29 is 8.83 Å². The fourth-order valence-electron chi connectivity index (χ4n) is 2.78. The van der Waals surface area contributed by atoms with Gasteiger partial charge in [0.1, 0.15) is 5.76 Å². The maximum atomic E-state index is 12.2. The van der Waals surface area contributed by atoms with Gasteiger partial charge in [0.25, 0.3) is 5.56 Å². The molecule has 3 aromatic heterocycles. The Hall–Kier alpha value is -2.60. The van der Waals surface area contributed by atoms with Crippen LogP contribution in [0.5, 0.6) is 0 Å². The second-order valence-electron chi connectivity index (χ2n) is 5.36. The molecule has 6 heteroatoms. The zero-order valence-corrected chi connectivity index (χ0v) is 11.9. The van der Waals surface area contributed by atoms with Gasteiger partial charge in [-0.05, 0) is 30.7 Å². The lowest BCUT2D eigenvalue weighted by Crippen LogP contribution is -2.34. The van der Waals surface area contributed by atoms with Crippen LogP contribution in [0, 0.1) is 0 Å². The highest BCUT2D eigenvalue weighted by molar-refractivity contribution is 5.46. The smallest absolute Gasteiger partial charge is 0.254 e. The molecule has 22 heavy (non-hydrogen) atoms. The summed E-state index contributed by atoms with van der Waals surface area (Å²) in [5.41, 5.74) is 1.51. The molecular weight excluding hydrogens is 282 g/mol.